The van der Waals surface area contributed by atoms with Crippen LogP contribution in [0.25, 0.3) is 0 Å². The number of ether oxygens (including phenoxy) is 2. The molecule has 1 rings (SSSR count). The number of nitrogens with zero attached hydrogens (tertiary/aromatic N) is 2. The number of guanidine groups is 1. The standard InChI is InChI=1S/C16H28N4O2.HI/c1-17-16(18-9-6-10-20(2)3)19-12-13-7-8-14(21-4)11-15(13)22-5;/h7-8,11H,6,9-10,12H2,1-5H3,(H2,17,18,19);1H. The second kappa shape index (κ2) is 12.2. The van der Waals surface area contributed by atoms with Gasteiger partial charge in [-0.25, -0.2) is 0 Å². The molecule has 1 aromatic rings. The molecule has 0 bridgehead atoms. The van der Waals surface area contributed by atoms with Crippen molar-refractivity contribution < 1.29 is 9.47 Å². The Morgan fingerprint density at radius 3 is 2.48 bits per heavy atom. The van der Waals surface area contributed by atoms with E-state index in [-0.39, 0.29) is 24.0 Å². The monoisotopic (exact) mass is 436 g/mol. The lowest BCUT2D eigenvalue weighted by molar-refractivity contribution is 0.390. The van der Waals surface area contributed by atoms with Crippen LogP contribution in [-0.2, 0) is 6.54 Å². The molecule has 1 aromatic carbocycles. The Morgan fingerprint density at radius 2 is 1.91 bits per heavy atom. The number of hydrogen-bond acceptors (Lipinski definition) is 4. The molecule has 0 aromatic heterocycles. The summed E-state index contributed by atoms with van der Waals surface area (Å²) >= 11 is 0. The van der Waals surface area contributed by atoms with Gasteiger partial charge in [0.2, 0.25) is 0 Å². The largest absolute Gasteiger partial charge is 0.497 e. The highest BCUT2D eigenvalue weighted by Gasteiger charge is 2.06. The smallest absolute Gasteiger partial charge is 0.191 e. The van der Waals surface area contributed by atoms with E-state index in [0.717, 1.165) is 42.5 Å². The normalized spacial score (nSPS) is 11.0. The van der Waals surface area contributed by atoms with E-state index < -0.39 is 0 Å². The fourth-order valence-electron chi connectivity index (χ4n) is 2.00. The highest BCUT2D eigenvalue weighted by atomic mass is 127. The SMILES string of the molecule is CN=C(NCCCN(C)C)NCc1ccc(OC)cc1OC.I. The van der Waals surface area contributed by atoms with Gasteiger partial charge in [-0.1, -0.05) is 0 Å². The Balaban J connectivity index is 0.00000484. The van der Waals surface area contributed by atoms with Gasteiger partial charge >= 0.3 is 0 Å². The van der Waals surface area contributed by atoms with Crippen molar-refractivity contribution in [2.75, 3.05) is 48.5 Å². The summed E-state index contributed by atoms with van der Waals surface area (Å²) in [6.45, 7) is 2.58. The molecule has 23 heavy (non-hydrogen) atoms. The average molecular weight is 436 g/mol. The molecule has 0 heterocycles. The van der Waals surface area contributed by atoms with Crippen LogP contribution >= 0.6 is 24.0 Å². The van der Waals surface area contributed by atoms with Crippen LogP contribution < -0.4 is 20.1 Å². The predicted octanol–water partition coefficient (Wildman–Crippen LogP) is 1.94. The molecule has 0 spiro atoms. The molecule has 0 aliphatic rings. The van der Waals surface area contributed by atoms with E-state index in [4.69, 9.17) is 9.47 Å². The molecule has 0 aliphatic carbocycles. The lowest BCUT2D eigenvalue weighted by atomic mass is 10.2. The van der Waals surface area contributed by atoms with Gasteiger partial charge in [-0.3, -0.25) is 4.99 Å². The molecule has 2 N–H and O–H groups in total. The van der Waals surface area contributed by atoms with Crippen molar-refractivity contribution in [3.05, 3.63) is 23.8 Å². The number of aliphatic imine (C=N–C) groups is 1. The topological polar surface area (TPSA) is 58.1 Å². The maximum Gasteiger partial charge on any atom is 0.191 e. The first kappa shape index (κ1) is 21.8. The second-order valence-corrected chi connectivity index (χ2v) is 5.19. The van der Waals surface area contributed by atoms with Crippen LogP contribution in [-0.4, -0.2) is 59.3 Å². The van der Waals surface area contributed by atoms with E-state index in [1.807, 2.05) is 18.2 Å². The summed E-state index contributed by atoms with van der Waals surface area (Å²) in [6.07, 6.45) is 1.07. The summed E-state index contributed by atoms with van der Waals surface area (Å²) in [4.78, 5) is 6.39. The van der Waals surface area contributed by atoms with Crippen molar-refractivity contribution in [1.82, 2.24) is 15.5 Å². The number of hydrogen-bond donors (Lipinski definition) is 2. The third-order valence-electron chi connectivity index (χ3n) is 3.24. The maximum atomic E-state index is 5.39. The fraction of sp³-hybridized carbons (Fsp3) is 0.562. The Bertz CT molecular complexity index is 481. The molecule has 0 saturated heterocycles. The van der Waals surface area contributed by atoms with Gasteiger partial charge in [0.05, 0.1) is 14.2 Å². The molecular formula is C16H29IN4O2. The molecule has 0 aliphatic heterocycles. The zero-order valence-electron chi connectivity index (χ0n) is 14.7. The average Bonchev–Trinajstić information content (AvgIpc) is 2.53. The maximum absolute atomic E-state index is 5.39. The van der Waals surface area contributed by atoms with Crippen molar-refractivity contribution in [2.45, 2.75) is 13.0 Å². The van der Waals surface area contributed by atoms with Crippen LogP contribution in [0.5, 0.6) is 11.5 Å². The Kier molecular flexibility index (Phi) is 11.6. The third kappa shape index (κ3) is 8.26. The first-order valence-corrected chi connectivity index (χ1v) is 7.40. The van der Waals surface area contributed by atoms with Crippen molar-refractivity contribution in [3.8, 4) is 11.5 Å². The van der Waals surface area contributed by atoms with Crippen LogP contribution in [0.1, 0.15) is 12.0 Å². The summed E-state index contributed by atoms with van der Waals surface area (Å²) < 4.78 is 10.6. The zero-order valence-corrected chi connectivity index (χ0v) is 17.0. The van der Waals surface area contributed by atoms with E-state index in [1.165, 1.54) is 0 Å². The summed E-state index contributed by atoms with van der Waals surface area (Å²) in [7, 11) is 9.22. The molecule has 0 atom stereocenters. The van der Waals surface area contributed by atoms with Crippen LogP contribution in [0, 0.1) is 0 Å². The van der Waals surface area contributed by atoms with E-state index >= 15 is 0 Å². The minimum atomic E-state index is 0. The number of methoxy groups -OCH3 is 2. The molecule has 6 nitrogen and oxygen atoms in total. The third-order valence-corrected chi connectivity index (χ3v) is 3.24. The first-order chi connectivity index (χ1) is 10.6. The zero-order chi connectivity index (χ0) is 16.4. The summed E-state index contributed by atoms with van der Waals surface area (Å²) in [5.41, 5.74) is 1.06. The minimum absolute atomic E-state index is 0. The molecule has 0 unspecified atom stereocenters. The van der Waals surface area contributed by atoms with Crippen molar-refractivity contribution in [3.63, 3.8) is 0 Å². The van der Waals surface area contributed by atoms with Gasteiger partial charge in [-0.15, -0.1) is 24.0 Å². The molecule has 0 saturated carbocycles. The highest BCUT2D eigenvalue weighted by Crippen LogP contribution is 2.24. The molecule has 0 amide bonds. The first-order valence-electron chi connectivity index (χ1n) is 7.40. The quantitative estimate of drug-likeness (QED) is 0.282. The summed E-state index contributed by atoms with van der Waals surface area (Å²) in [5.74, 6) is 2.37. The molecule has 0 fully saturated rings. The van der Waals surface area contributed by atoms with E-state index in [0.29, 0.717) is 6.54 Å². The number of nitrogens with one attached hydrogen (secondary N) is 2. The highest BCUT2D eigenvalue weighted by molar-refractivity contribution is 14.0. The number of rotatable bonds is 8. The van der Waals surface area contributed by atoms with Crippen LogP contribution in [0.15, 0.2) is 23.2 Å². The van der Waals surface area contributed by atoms with E-state index in [9.17, 15) is 0 Å². The fourth-order valence-corrected chi connectivity index (χ4v) is 2.00. The molecular weight excluding hydrogens is 407 g/mol. The van der Waals surface area contributed by atoms with Crippen molar-refractivity contribution in [2.24, 2.45) is 4.99 Å². The summed E-state index contributed by atoms with van der Waals surface area (Å²) in [5, 5.41) is 6.59. The molecule has 0 radical (unpaired) electrons. The van der Waals surface area contributed by atoms with Gasteiger partial charge < -0.3 is 25.0 Å². The van der Waals surface area contributed by atoms with Crippen LogP contribution in [0.3, 0.4) is 0 Å². The summed E-state index contributed by atoms with van der Waals surface area (Å²) in [6, 6.07) is 5.79. The van der Waals surface area contributed by atoms with Gasteiger partial charge in [0.15, 0.2) is 5.96 Å². The van der Waals surface area contributed by atoms with Crippen molar-refractivity contribution >= 4 is 29.9 Å². The Morgan fingerprint density at radius 1 is 1.17 bits per heavy atom. The van der Waals surface area contributed by atoms with Gasteiger partial charge in [-0.05, 0) is 39.2 Å². The number of benzene rings is 1. The van der Waals surface area contributed by atoms with E-state index in [1.54, 1.807) is 21.3 Å². The molecule has 132 valence electrons. The lowest BCUT2D eigenvalue weighted by Gasteiger charge is -2.15. The minimum Gasteiger partial charge on any atom is -0.497 e. The van der Waals surface area contributed by atoms with E-state index in [2.05, 4.69) is 34.6 Å². The van der Waals surface area contributed by atoms with Gasteiger partial charge in [0.1, 0.15) is 11.5 Å². The second-order valence-electron chi connectivity index (χ2n) is 5.19. The van der Waals surface area contributed by atoms with Gasteiger partial charge in [0, 0.05) is 31.8 Å². The van der Waals surface area contributed by atoms with Gasteiger partial charge in [-0.2, -0.15) is 0 Å². The lowest BCUT2D eigenvalue weighted by Crippen LogP contribution is -2.38. The van der Waals surface area contributed by atoms with Crippen LogP contribution in [0.4, 0.5) is 0 Å². The predicted molar refractivity (Wildman–Crippen MR) is 106 cm³/mol. The van der Waals surface area contributed by atoms with Crippen LogP contribution in [0.2, 0.25) is 0 Å². The number of halogens is 1. The molecule has 7 heteroatoms. The van der Waals surface area contributed by atoms with Crippen molar-refractivity contribution in [1.29, 1.82) is 0 Å². The Labute approximate surface area is 156 Å². The van der Waals surface area contributed by atoms with Gasteiger partial charge in [0.25, 0.3) is 0 Å². The Hall–Kier alpha value is -1.22.